The largest absolute Gasteiger partial charge is 0.416 e. The van der Waals surface area contributed by atoms with Crippen molar-refractivity contribution < 1.29 is 17.6 Å². The molecule has 0 aliphatic heterocycles. The Hall–Kier alpha value is -0.780. The van der Waals surface area contributed by atoms with Crippen LogP contribution in [-0.4, -0.2) is 0 Å². The van der Waals surface area contributed by atoms with Crippen LogP contribution in [0.2, 0.25) is 5.02 Å². The standard InChI is InChI=1S/C11H10ClF4N.ClH/c1-2-3-9(17)7-4-6(11(14,15)16)5-8(12)10(7)13;/h2,4-5,9H,1,3,17H2;1H/t9-;/m1./s1. The Morgan fingerprint density at radius 3 is 2.39 bits per heavy atom. The molecule has 1 aromatic carbocycles. The minimum absolute atomic E-state index is 0. The molecule has 1 atom stereocenters. The van der Waals surface area contributed by atoms with E-state index in [-0.39, 0.29) is 24.4 Å². The van der Waals surface area contributed by atoms with E-state index in [2.05, 4.69) is 6.58 Å². The number of halogens is 6. The van der Waals surface area contributed by atoms with Crippen molar-refractivity contribution in [3.8, 4) is 0 Å². The summed E-state index contributed by atoms with van der Waals surface area (Å²) in [5, 5.41) is -0.589. The van der Waals surface area contributed by atoms with Crippen molar-refractivity contribution in [3.63, 3.8) is 0 Å². The van der Waals surface area contributed by atoms with E-state index in [1.807, 2.05) is 0 Å². The van der Waals surface area contributed by atoms with Gasteiger partial charge in [-0.05, 0) is 18.6 Å². The van der Waals surface area contributed by atoms with Gasteiger partial charge < -0.3 is 5.73 Å². The van der Waals surface area contributed by atoms with Crippen LogP contribution in [0, 0.1) is 5.82 Å². The average molecular weight is 304 g/mol. The third-order valence-electron chi connectivity index (χ3n) is 2.20. The van der Waals surface area contributed by atoms with Crippen molar-refractivity contribution >= 4 is 24.0 Å². The lowest BCUT2D eigenvalue weighted by molar-refractivity contribution is -0.137. The zero-order valence-corrected chi connectivity index (χ0v) is 10.7. The van der Waals surface area contributed by atoms with Crippen molar-refractivity contribution in [1.82, 2.24) is 0 Å². The van der Waals surface area contributed by atoms with E-state index in [1.165, 1.54) is 6.08 Å². The molecule has 0 spiro atoms. The van der Waals surface area contributed by atoms with Crippen LogP contribution >= 0.6 is 24.0 Å². The zero-order valence-electron chi connectivity index (χ0n) is 9.10. The summed E-state index contributed by atoms with van der Waals surface area (Å²) < 4.78 is 51.0. The minimum Gasteiger partial charge on any atom is -0.324 e. The SMILES string of the molecule is C=CC[C@@H](N)c1cc(C(F)(F)F)cc(Cl)c1F.Cl. The highest BCUT2D eigenvalue weighted by Crippen LogP contribution is 2.35. The fourth-order valence-electron chi connectivity index (χ4n) is 1.35. The maximum absolute atomic E-state index is 13.5. The maximum atomic E-state index is 13.5. The van der Waals surface area contributed by atoms with E-state index >= 15 is 0 Å². The number of hydrogen-bond acceptors (Lipinski definition) is 1. The van der Waals surface area contributed by atoms with E-state index in [4.69, 9.17) is 17.3 Å². The molecule has 1 aromatic rings. The van der Waals surface area contributed by atoms with Crippen LogP contribution in [0.4, 0.5) is 17.6 Å². The van der Waals surface area contributed by atoms with Gasteiger partial charge in [-0.2, -0.15) is 13.2 Å². The molecule has 1 rings (SSSR count). The second-order valence-electron chi connectivity index (χ2n) is 3.49. The normalized spacial score (nSPS) is 12.8. The highest BCUT2D eigenvalue weighted by molar-refractivity contribution is 6.30. The highest BCUT2D eigenvalue weighted by Gasteiger charge is 2.32. The van der Waals surface area contributed by atoms with Gasteiger partial charge in [0.25, 0.3) is 0 Å². The Balaban J connectivity index is 0.00000289. The molecule has 0 unspecified atom stereocenters. The van der Waals surface area contributed by atoms with Gasteiger partial charge in [0.15, 0.2) is 0 Å². The van der Waals surface area contributed by atoms with Crippen LogP contribution in [0.1, 0.15) is 23.6 Å². The molecule has 0 aromatic heterocycles. The summed E-state index contributed by atoms with van der Waals surface area (Å²) in [6.07, 6.45) is -3.02. The predicted octanol–water partition coefficient (Wildman–Crippen LogP) is 4.50. The fraction of sp³-hybridized carbons (Fsp3) is 0.273. The summed E-state index contributed by atoms with van der Waals surface area (Å²) in [4.78, 5) is 0. The summed E-state index contributed by atoms with van der Waals surface area (Å²) in [6, 6.07) is 0.323. The van der Waals surface area contributed by atoms with Crippen molar-refractivity contribution in [1.29, 1.82) is 0 Å². The molecular weight excluding hydrogens is 293 g/mol. The van der Waals surface area contributed by atoms with Crippen molar-refractivity contribution in [2.24, 2.45) is 5.73 Å². The first-order valence-corrected chi connectivity index (χ1v) is 5.07. The zero-order chi connectivity index (χ0) is 13.2. The van der Waals surface area contributed by atoms with Crippen LogP contribution in [0.25, 0.3) is 0 Å². The Morgan fingerprint density at radius 2 is 1.94 bits per heavy atom. The van der Waals surface area contributed by atoms with Gasteiger partial charge in [-0.1, -0.05) is 17.7 Å². The molecule has 1 nitrogen and oxygen atoms in total. The molecule has 0 radical (unpaired) electrons. The van der Waals surface area contributed by atoms with Gasteiger partial charge in [0.05, 0.1) is 10.6 Å². The molecule has 7 heteroatoms. The van der Waals surface area contributed by atoms with Crippen molar-refractivity contribution in [2.75, 3.05) is 0 Å². The predicted molar refractivity (Wildman–Crippen MR) is 65.4 cm³/mol. The van der Waals surface area contributed by atoms with E-state index in [0.29, 0.717) is 12.1 Å². The monoisotopic (exact) mass is 303 g/mol. The smallest absolute Gasteiger partial charge is 0.324 e. The van der Waals surface area contributed by atoms with Crippen LogP contribution in [0.15, 0.2) is 24.8 Å². The highest BCUT2D eigenvalue weighted by atomic mass is 35.5. The molecule has 2 N–H and O–H groups in total. The third-order valence-corrected chi connectivity index (χ3v) is 2.48. The molecule has 0 fully saturated rings. The number of nitrogens with two attached hydrogens (primary N) is 1. The van der Waals surface area contributed by atoms with Gasteiger partial charge in [-0.25, -0.2) is 4.39 Å². The average Bonchev–Trinajstić information content (AvgIpc) is 2.20. The van der Waals surface area contributed by atoms with E-state index in [9.17, 15) is 17.6 Å². The summed E-state index contributed by atoms with van der Waals surface area (Å²) in [6.45, 7) is 3.39. The molecule has 0 amide bonds. The quantitative estimate of drug-likeness (QED) is 0.646. The lowest BCUT2D eigenvalue weighted by atomic mass is 10.0. The van der Waals surface area contributed by atoms with Gasteiger partial charge in [-0.15, -0.1) is 19.0 Å². The van der Waals surface area contributed by atoms with Gasteiger partial charge >= 0.3 is 6.18 Å². The number of alkyl halides is 3. The van der Waals surface area contributed by atoms with Gasteiger partial charge in [0, 0.05) is 11.6 Å². The van der Waals surface area contributed by atoms with Crippen molar-refractivity contribution in [3.05, 3.63) is 46.8 Å². The van der Waals surface area contributed by atoms with E-state index < -0.39 is 28.6 Å². The molecule has 0 aliphatic carbocycles. The number of benzene rings is 1. The third kappa shape index (κ3) is 3.86. The van der Waals surface area contributed by atoms with Gasteiger partial charge in [-0.3, -0.25) is 0 Å². The summed E-state index contributed by atoms with van der Waals surface area (Å²) in [5.74, 6) is -0.922. The fourth-order valence-corrected chi connectivity index (χ4v) is 1.58. The minimum atomic E-state index is -4.58. The Morgan fingerprint density at radius 1 is 1.39 bits per heavy atom. The Labute approximate surface area is 113 Å². The van der Waals surface area contributed by atoms with Crippen LogP contribution in [0.3, 0.4) is 0 Å². The Bertz CT molecular complexity index is 432. The lowest BCUT2D eigenvalue weighted by Crippen LogP contribution is -2.14. The topological polar surface area (TPSA) is 26.0 Å². The number of rotatable bonds is 3. The molecule has 0 saturated carbocycles. The summed E-state index contributed by atoms with van der Waals surface area (Å²) in [5.41, 5.74) is 4.28. The van der Waals surface area contributed by atoms with Crippen LogP contribution in [0.5, 0.6) is 0 Å². The molecule has 0 heterocycles. The first-order chi connectivity index (χ1) is 7.77. The summed E-state index contributed by atoms with van der Waals surface area (Å²) in [7, 11) is 0. The Kier molecular flexibility index (Phi) is 6.13. The van der Waals surface area contributed by atoms with Gasteiger partial charge in [0.2, 0.25) is 0 Å². The lowest BCUT2D eigenvalue weighted by Gasteiger charge is -2.15. The second kappa shape index (κ2) is 6.41. The molecule has 18 heavy (non-hydrogen) atoms. The first kappa shape index (κ1) is 17.2. The second-order valence-corrected chi connectivity index (χ2v) is 3.90. The first-order valence-electron chi connectivity index (χ1n) is 4.70. The van der Waals surface area contributed by atoms with E-state index in [0.717, 1.165) is 0 Å². The molecule has 0 aliphatic rings. The molecule has 0 bridgehead atoms. The van der Waals surface area contributed by atoms with E-state index in [1.54, 1.807) is 0 Å². The van der Waals surface area contributed by atoms with Crippen molar-refractivity contribution in [2.45, 2.75) is 18.6 Å². The number of hydrogen-bond donors (Lipinski definition) is 1. The maximum Gasteiger partial charge on any atom is 0.416 e. The molecule has 102 valence electrons. The summed E-state index contributed by atoms with van der Waals surface area (Å²) >= 11 is 5.41. The van der Waals surface area contributed by atoms with Crippen LogP contribution < -0.4 is 5.73 Å². The molecular formula is C11H11Cl2F4N. The van der Waals surface area contributed by atoms with Crippen LogP contribution in [-0.2, 0) is 6.18 Å². The molecule has 0 saturated heterocycles. The van der Waals surface area contributed by atoms with Gasteiger partial charge in [0.1, 0.15) is 5.82 Å².